The maximum atomic E-state index is 12.5. The van der Waals surface area contributed by atoms with Crippen LogP contribution in [0.25, 0.3) is 0 Å². The molecule has 0 radical (unpaired) electrons. The highest BCUT2D eigenvalue weighted by Gasteiger charge is 2.29. The summed E-state index contributed by atoms with van der Waals surface area (Å²) in [4.78, 5) is 58.9. The van der Waals surface area contributed by atoms with Gasteiger partial charge in [0, 0.05) is 11.6 Å². The van der Waals surface area contributed by atoms with E-state index in [-0.39, 0.29) is 11.1 Å². The van der Waals surface area contributed by atoms with Crippen molar-refractivity contribution in [1.29, 1.82) is 0 Å². The summed E-state index contributed by atoms with van der Waals surface area (Å²) in [5.74, 6) is -5.80. The fraction of sp³-hybridized carbons (Fsp3) is 0.318. The average Bonchev–Trinajstić information content (AvgIpc) is 2.71. The van der Waals surface area contributed by atoms with Gasteiger partial charge in [-0.05, 0) is 45.4 Å². The number of carbonyl (C=O) groups excluding carboxylic acids is 3. The van der Waals surface area contributed by atoms with Gasteiger partial charge in [-0.15, -0.1) is 0 Å². The summed E-state index contributed by atoms with van der Waals surface area (Å²) < 4.78 is 15.3. The van der Waals surface area contributed by atoms with E-state index >= 15 is 0 Å². The number of carboxylic acid groups (broad SMARTS) is 2. The Morgan fingerprint density at radius 1 is 1.00 bits per heavy atom. The molecule has 0 bridgehead atoms. The SMILES string of the molecule is C=C(C)C(=O)OC(OC(=O)C=C(C)CC)C(C)OC(=O)c1ccc(C(=O)O)c(C(=O)O)c1. The second-order valence-electron chi connectivity index (χ2n) is 6.82. The van der Waals surface area contributed by atoms with Crippen LogP contribution in [-0.4, -0.2) is 52.5 Å². The van der Waals surface area contributed by atoms with Crippen molar-refractivity contribution in [2.45, 2.75) is 46.5 Å². The van der Waals surface area contributed by atoms with Gasteiger partial charge >= 0.3 is 29.8 Å². The molecule has 0 aliphatic heterocycles. The van der Waals surface area contributed by atoms with E-state index in [2.05, 4.69) is 6.58 Å². The molecule has 32 heavy (non-hydrogen) atoms. The number of carbonyl (C=O) groups is 5. The van der Waals surface area contributed by atoms with Crippen LogP contribution >= 0.6 is 0 Å². The van der Waals surface area contributed by atoms with Crippen molar-refractivity contribution in [2.75, 3.05) is 0 Å². The molecule has 10 heteroatoms. The summed E-state index contributed by atoms with van der Waals surface area (Å²) in [6.45, 7) is 9.61. The molecule has 2 N–H and O–H groups in total. The number of ether oxygens (including phenoxy) is 3. The molecule has 0 fully saturated rings. The summed E-state index contributed by atoms with van der Waals surface area (Å²) >= 11 is 0. The Hall–Kier alpha value is -3.95. The van der Waals surface area contributed by atoms with Crippen LogP contribution < -0.4 is 0 Å². The van der Waals surface area contributed by atoms with E-state index in [4.69, 9.17) is 19.3 Å². The first-order valence-electron chi connectivity index (χ1n) is 9.43. The maximum absolute atomic E-state index is 12.5. The van der Waals surface area contributed by atoms with E-state index in [1.165, 1.54) is 19.9 Å². The normalized spacial score (nSPS) is 12.8. The van der Waals surface area contributed by atoms with Gasteiger partial charge < -0.3 is 24.4 Å². The number of rotatable bonds is 10. The zero-order chi connectivity index (χ0) is 24.6. The zero-order valence-electron chi connectivity index (χ0n) is 18.0. The average molecular weight is 448 g/mol. The minimum absolute atomic E-state index is 0.0141. The molecule has 2 unspecified atom stereocenters. The van der Waals surface area contributed by atoms with E-state index in [1.54, 1.807) is 6.92 Å². The molecular weight excluding hydrogens is 424 g/mol. The summed E-state index contributed by atoms with van der Waals surface area (Å²) in [6, 6.07) is 2.86. The fourth-order valence-electron chi connectivity index (χ4n) is 2.20. The lowest BCUT2D eigenvalue weighted by Crippen LogP contribution is -2.37. The van der Waals surface area contributed by atoms with Gasteiger partial charge in [0.2, 0.25) is 0 Å². The molecule has 1 aromatic carbocycles. The standard InChI is InChI=1S/C22H24O10/c1-6-12(4)9-17(23)31-22(32-20(28)11(2)3)13(5)30-21(29)14-7-8-15(18(24)25)16(10-14)19(26)27/h7-10,13,22H,2,6H2,1,3-5H3,(H,24,25)(H,26,27). The third kappa shape index (κ3) is 7.38. The first kappa shape index (κ1) is 26.1. The van der Waals surface area contributed by atoms with E-state index in [1.807, 2.05) is 6.92 Å². The van der Waals surface area contributed by atoms with E-state index in [0.29, 0.717) is 12.0 Å². The highest BCUT2D eigenvalue weighted by Crippen LogP contribution is 2.17. The minimum atomic E-state index is -1.62. The summed E-state index contributed by atoms with van der Waals surface area (Å²) in [6.07, 6.45) is -1.14. The molecule has 0 heterocycles. The largest absolute Gasteiger partial charge is 0.478 e. The van der Waals surface area contributed by atoms with Crippen molar-refractivity contribution >= 4 is 29.8 Å². The van der Waals surface area contributed by atoms with Crippen LogP contribution in [0.2, 0.25) is 0 Å². The van der Waals surface area contributed by atoms with E-state index < -0.39 is 53.4 Å². The van der Waals surface area contributed by atoms with Crippen molar-refractivity contribution in [3.8, 4) is 0 Å². The maximum Gasteiger partial charge on any atom is 0.338 e. The van der Waals surface area contributed by atoms with Gasteiger partial charge in [0.1, 0.15) is 0 Å². The van der Waals surface area contributed by atoms with Gasteiger partial charge in [0.15, 0.2) is 6.10 Å². The molecular formula is C22H24O10. The van der Waals surface area contributed by atoms with Crippen molar-refractivity contribution in [1.82, 2.24) is 0 Å². The Kier molecular flexibility index (Phi) is 9.33. The first-order valence-corrected chi connectivity index (χ1v) is 9.43. The summed E-state index contributed by atoms with van der Waals surface area (Å²) in [5, 5.41) is 18.3. The summed E-state index contributed by atoms with van der Waals surface area (Å²) in [5.41, 5.74) is -0.680. The van der Waals surface area contributed by atoms with Gasteiger partial charge in [-0.1, -0.05) is 19.1 Å². The topological polar surface area (TPSA) is 154 Å². The zero-order valence-corrected chi connectivity index (χ0v) is 18.0. The van der Waals surface area contributed by atoms with Gasteiger partial charge in [0.25, 0.3) is 6.29 Å². The lowest BCUT2D eigenvalue weighted by atomic mass is 10.0. The van der Waals surface area contributed by atoms with Crippen molar-refractivity contribution in [2.24, 2.45) is 0 Å². The molecule has 0 amide bonds. The van der Waals surface area contributed by atoms with Crippen LogP contribution in [0.5, 0.6) is 0 Å². The van der Waals surface area contributed by atoms with Crippen molar-refractivity contribution in [3.05, 3.63) is 58.7 Å². The molecule has 172 valence electrons. The number of carboxylic acids is 2. The van der Waals surface area contributed by atoms with Crippen LogP contribution in [0.4, 0.5) is 0 Å². The lowest BCUT2D eigenvalue weighted by Gasteiger charge is -2.23. The number of hydrogen-bond acceptors (Lipinski definition) is 8. The highest BCUT2D eigenvalue weighted by atomic mass is 16.7. The lowest BCUT2D eigenvalue weighted by molar-refractivity contribution is -0.199. The van der Waals surface area contributed by atoms with Crippen LogP contribution in [0.15, 0.2) is 42.0 Å². The molecule has 0 saturated heterocycles. The Balaban J connectivity index is 3.12. The predicted molar refractivity (Wildman–Crippen MR) is 110 cm³/mol. The Labute approximate surface area is 184 Å². The second-order valence-corrected chi connectivity index (χ2v) is 6.82. The number of aromatic carboxylic acids is 2. The Bertz CT molecular complexity index is 973. The molecule has 1 rings (SSSR count). The predicted octanol–water partition coefficient (Wildman–Crippen LogP) is 2.97. The van der Waals surface area contributed by atoms with E-state index in [9.17, 15) is 29.1 Å². The molecule has 10 nitrogen and oxygen atoms in total. The monoisotopic (exact) mass is 448 g/mol. The number of hydrogen-bond donors (Lipinski definition) is 2. The first-order chi connectivity index (χ1) is 14.9. The molecule has 0 aliphatic rings. The van der Waals surface area contributed by atoms with Gasteiger partial charge in [0.05, 0.1) is 16.7 Å². The fourth-order valence-corrected chi connectivity index (χ4v) is 2.20. The third-order valence-electron chi connectivity index (χ3n) is 4.12. The Morgan fingerprint density at radius 3 is 2.09 bits per heavy atom. The quantitative estimate of drug-likeness (QED) is 0.310. The van der Waals surface area contributed by atoms with Crippen LogP contribution in [0.3, 0.4) is 0 Å². The second kappa shape index (κ2) is 11.4. The molecule has 0 aliphatic carbocycles. The van der Waals surface area contributed by atoms with Gasteiger partial charge in [-0.2, -0.15) is 0 Å². The van der Waals surface area contributed by atoms with Crippen LogP contribution in [0, 0.1) is 0 Å². The molecule has 2 atom stereocenters. The number of allylic oxidation sites excluding steroid dienone is 1. The third-order valence-corrected chi connectivity index (χ3v) is 4.12. The minimum Gasteiger partial charge on any atom is -0.478 e. The molecule has 0 spiro atoms. The molecule has 0 aromatic heterocycles. The molecule has 0 saturated carbocycles. The number of esters is 3. The van der Waals surface area contributed by atoms with Crippen LogP contribution in [-0.2, 0) is 23.8 Å². The van der Waals surface area contributed by atoms with Crippen LogP contribution in [0.1, 0.15) is 65.2 Å². The van der Waals surface area contributed by atoms with Crippen molar-refractivity contribution < 1.29 is 48.4 Å². The summed E-state index contributed by atoms with van der Waals surface area (Å²) in [7, 11) is 0. The Morgan fingerprint density at radius 2 is 1.59 bits per heavy atom. The van der Waals surface area contributed by atoms with Crippen molar-refractivity contribution in [3.63, 3.8) is 0 Å². The smallest absolute Gasteiger partial charge is 0.338 e. The van der Waals surface area contributed by atoms with Gasteiger partial charge in [-0.25, -0.2) is 24.0 Å². The molecule has 1 aromatic rings. The van der Waals surface area contributed by atoms with E-state index in [0.717, 1.165) is 18.2 Å². The highest BCUT2D eigenvalue weighted by molar-refractivity contribution is 6.04. The van der Waals surface area contributed by atoms with Gasteiger partial charge in [-0.3, -0.25) is 0 Å². The number of benzene rings is 1.